The molecule has 6 rings (SSSR count). The molecular formula is C40H42N2O2. The van der Waals surface area contributed by atoms with Gasteiger partial charge in [0.05, 0.1) is 5.41 Å². The number of aliphatic carboxylic acids is 1. The van der Waals surface area contributed by atoms with Crippen molar-refractivity contribution in [1.82, 2.24) is 0 Å². The minimum Gasteiger partial charge on any atom is -0.550 e. The number of hydrogen-bond acceptors (Lipinski definition) is 3. The zero-order valence-electron chi connectivity index (χ0n) is 26.6. The smallest absolute Gasteiger partial charge is 0.210 e. The van der Waals surface area contributed by atoms with E-state index in [0.717, 1.165) is 19.4 Å². The number of allylic oxidation sites excluding steroid dienone is 6. The van der Waals surface area contributed by atoms with E-state index < -0.39 is 5.97 Å². The van der Waals surface area contributed by atoms with Crippen LogP contribution in [0.1, 0.15) is 64.5 Å². The largest absolute Gasteiger partial charge is 0.550 e. The van der Waals surface area contributed by atoms with E-state index in [0.29, 0.717) is 6.42 Å². The Hall–Kier alpha value is -4.44. The molecule has 0 amide bonds. The fourth-order valence-corrected chi connectivity index (χ4v) is 7.54. The van der Waals surface area contributed by atoms with Crippen LogP contribution < -0.4 is 10.0 Å². The summed E-state index contributed by atoms with van der Waals surface area (Å²) in [6.45, 7) is 10.1. The molecule has 4 nitrogen and oxygen atoms in total. The fraction of sp³-hybridized carbons (Fsp3) is 0.300. The van der Waals surface area contributed by atoms with Crippen molar-refractivity contribution in [3.8, 4) is 0 Å². The maximum Gasteiger partial charge on any atom is 0.210 e. The molecule has 0 aliphatic carbocycles. The summed E-state index contributed by atoms with van der Waals surface area (Å²) in [4.78, 5) is 13.4. The van der Waals surface area contributed by atoms with Crippen LogP contribution in [-0.2, 0) is 15.6 Å². The van der Waals surface area contributed by atoms with Crippen LogP contribution in [0, 0.1) is 0 Å². The molecule has 0 fully saturated rings. The molecule has 0 N–H and O–H groups in total. The minimum absolute atomic E-state index is 0.114. The monoisotopic (exact) mass is 582 g/mol. The summed E-state index contributed by atoms with van der Waals surface area (Å²) < 4.78 is 2.33. The van der Waals surface area contributed by atoms with Crippen molar-refractivity contribution in [1.29, 1.82) is 0 Å². The molecule has 0 radical (unpaired) electrons. The number of fused-ring (bicyclic) bond motifs is 6. The molecule has 4 aromatic rings. The molecule has 0 spiro atoms. The number of anilines is 1. The highest BCUT2D eigenvalue weighted by molar-refractivity contribution is 6.07. The zero-order chi connectivity index (χ0) is 31.1. The van der Waals surface area contributed by atoms with Crippen LogP contribution in [0.4, 0.5) is 11.4 Å². The van der Waals surface area contributed by atoms with Gasteiger partial charge in [0, 0.05) is 47.0 Å². The van der Waals surface area contributed by atoms with Gasteiger partial charge in [-0.15, -0.1) is 0 Å². The van der Waals surface area contributed by atoms with Crippen LogP contribution in [0.2, 0.25) is 0 Å². The minimum atomic E-state index is -0.967. The average molecular weight is 583 g/mol. The summed E-state index contributed by atoms with van der Waals surface area (Å²) in [5.41, 5.74) is 7.51. The van der Waals surface area contributed by atoms with Crippen LogP contribution in [0.15, 0.2) is 109 Å². The van der Waals surface area contributed by atoms with E-state index in [2.05, 4.69) is 147 Å². The maximum atomic E-state index is 10.9. The molecule has 224 valence electrons. The van der Waals surface area contributed by atoms with Crippen molar-refractivity contribution in [2.24, 2.45) is 0 Å². The number of benzene rings is 4. The normalized spacial score (nSPS) is 17.9. The number of carbonyl (C=O) groups is 1. The number of unbranched alkanes of at least 4 members (excludes halogenated alkanes) is 2. The lowest BCUT2D eigenvalue weighted by atomic mass is 9.79. The standard InChI is InChI=1S/C40H42N2O2/c1-39(2)34(41(5)32-25-23-28-16-11-13-18-30(28)37(32)39)20-8-6-9-21-35-40(3,4)38-31-19-14-12-17-29(31)24-26-33(38)42(35)27-15-7-10-22-36(43)44/h6,8-9,11-14,16-21,23-26H,7,10,15,22,27H2,1-5H3. The van der Waals surface area contributed by atoms with Gasteiger partial charge >= 0.3 is 0 Å². The molecule has 0 aromatic heterocycles. The molecule has 2 aliphatic heterocycles. The van der Waals surface area contributed by atoms with Crippen LogP contribution in [-0.4, -0.2) is 29.8 Å². The highest BCUT2D eigenvalue weighted by atomic mass is 16.4. The summed E-state index contributed by atoms with van der Waals surface area (Å²) in [5.74, 6) is -0.967. The lowest BCUT2D eigenvalue weighted by molar-refractivity contribution is -0.401. The Bertz CT molecular complexity index is 1890. The molecule has 44 heavy (non-hydrogen) atoms. The third kappa shape index (κ3) is 5.06. The SMILES string of the molecule is C[N+]1=C(C=CC=CC=C2N(CCCCCC(=O)[O-])c3ccc4ccccc4c3C2(C)C)C(C)(C)c2c1ccc1ccccc21. The van der Waals surface area contributed by atoms with Gasteiger partial charge in [-0.05, 0) is 78.4 Å². The first-order valence-electron chi connectivity index (χ1n) is 15.8. The molecule has 0 bridgehead atoms. The first-order chi connectivity index (χ1) is 21.1. The van der Waals surface area contributed by atoms with Gasteiger partial charge in [-0.3, -0.25) is 0 Å². The molecule has 0 saturated carbocycles. The van der Waals surface area contributed by atoms with Crippen LogP contribution in [0.3, 0.4) is 0 Å². The molecule has 2 heterocycles. The summed E-state index contributed by atoms with van der Waals surface area (Å²) in [7, 11) is 2.17. The summed E-state index contributed by atoms with van der Waals surface area (Å²) in [6, 6.07) is 26.2. The van der Waals surface area contributed by atoms with Gasteiger partial charge in [-0.1, -0.05) is 93.1 Å². The third-order valence-electron chi connectivity index (χ3n) is 9.64. The van der Waals surface area contributed by atoms with Gasteiger partial charge in [0.25, 0.3) is 0 Å². The molecule has 0 unspecified atom stereocenters. The highest BCUT2D eigenvalue weighted by Crippen LogP contribution is 2.51. The highest BCUT2D eigenvalue weighted by Gasteiger charge is 2.44. The Balaban J connectivity index is 1.29. The molecule has 2 aliphatic rings. The van der Waals surface area contributed by atoms with E-state index in [1.807, 2.05) is 0 Å². The molecular weight excluding hydrogens is 540 g/mol. The van der Waals surface area contributed by atoms with E-state index in [-0.39, 0.29) is 17.3 Å². The molecule has 4 aromatic carbocycles. The Morgan fingerprint density at radius 3 is 2.14 bits per heavy atom. The average Bonchev–Trinajstić information content (AvgIpc) is 3.34. The third-order valence-corrected chi connectivity index (χ3v) is 9.64. The summed E-state index contributed by atoms with van der Waals surface area (Å²) in [6.07, 6.45) is 13.5. The second kappa shape index (κ2) is 11.6. The molecule has 0 saturated heterocycles. The topological polar surface area (TPSA) is 46.4 Å². The number of hydrogen-bond donors (Lipinski definition) is 0. The van der Waals surface area contributed by atoms with Crippen LogP contribution >= 0.6 is 0 Å². The van der Waals surface area contributed by atoms with Crippen LogP contribution in [0.5, 0.6) is 0 Å². The number of nitrogens with zero attached hydrogens (tertiary/aromatic N) is 2. The van der Waals surface area contributed by atoms with Gasteiger partial charge in [-0.25, -0.2) is 0 Å². The van der Waals surface area contributed by atoms with E-state index in [4.69, 9.17) is 0 Å². The second-order valence-electron chi connectivity index (χ2n) is 13.2. The first-order valence-corrected chi connectivity index (χ1v) is 15.8. The zero-order valence-corrected chi connectivity index (χ0v) is 26.6. The number of rotatable bonds is 9. The van der Waals surface area contributed by atoms with E-state index in [1.54, 1.807) is 0 Å². The molecule has 0 atom stereocenters. The molecule has 4 heteroatoms. The second-order valence-corrected chi connectivity index (χ2v) is 13.2. The first kappa shape index (κ1) is 29.6. The Labute approximate surface area is 261 Å². The Morgan fingerprint density at radius 1 is 0.773 bits per heavy atom. The quantitative estimate of drug-likeness (QED) is 0.114. The van der Waals surface area contributed by atoms with E-state index >= 15 is 0 Å². The van der Waals surface area contributed by atoms with Gasteiger partial charge in [0.1, 0.15) is 7.05 Å². The van der Waals surface area contributed by atoms with Gasteiger partial charge in [0.15, 0.2) is 5.71 Å². The van der Waals surface area contributed by atoms with Crippen LogP contribution in [0.25, 0.3) is 21.5 Å². The van der Waals surface area contributed by atoms with Crippen molar-refractivity contribution in [3.63, 3.8) is 0 Å². The van der Waals surface area contributed by atoms with Crippen molar-refractivity contribution < 1.29 is 14.5 Å². The lowest BCUT2D eigenvalue weighted by Crippen LogP contribution is -2.27. The van der Waals surface area contributed by atoms with Gasteiger partial charge < -0.3 is 14.8 Å². The van der Waals surface area contributed by atoms with Crippen molar-refractivity contribution in [3.05, 3.63) is 120 Å². The Kier molecular flexibility index (Phi) is 7.79. The van der Waals surface area contributed by atoms with Crippen molar-refractivity contribution >= 4 is 44.6 Å². The predicted molar refractivity (Wildman–Crippen MR) is 182 cm³/mol. The lowest BCUT2D eigenvalue weighted by Gasteiger charge is -2.27. The number of carbonyl (C=O) groups excluding carboxylic acids is 1. The van der Waals surface area contributed by atoms with E-state index in [9.17, 15) is 9.90 Å². The maximum absolute atomic E-state index is 10.9. The summed E-state index contributed by atoms with van der Waals surface area (Å²) >= 11 is 0. The summed E-state index contributed by atoms with van der Waals surface area (Å²) in [5, 5.41) is 16.1. The van der Waals surface area contributed by atoms with Gasteiger partial charge in [0.2, 0.25) is 5.69 Å². The number of carboxylic acids is 1. The van der Waals surface area contributed by atoms with Gasteiger partial charge in [-0.2, -0.15) is 4.58 Å². The number of carboxylic acid groups (broad SMARTS) is 1. The van der Waals surface area contributed by atoms with Crippen molar-refractivity contribution in [2.75, 3.05) is 18.5 Å². The fourth-order valence-electron chi connectivity index (χ4n) is 7.54. The predicted octanol–water partition coefficient (Wildman–Crippen LogP) is 8.10. The van der Waals surface area contributed by atoms with E-state index in [1.165, 1.54) is 55.5 Å². The van der Waals surface area contributed by atoms with Crippen molar-refractivity contribution in [2.45, 2.75) is 64.2 Å². The Morgan fingerprint density at radius 2 is 1.43 bits per heavy atom.